The highest BCUT2D eigenvalue weighted by Gasteiger charge is 2.19. The van der Waals surface area contributed by atoms with Crippen LogP contribution in [0.1, 0.15) is 31.3 Å². The molecule has 1 atom stereocenters. The van der Waals surface area contributed by atoms with Gasteiger partial charge in [-0.15, -0.1) is 0 Å². The molecule has 0 fully saturated rings. The van der Waals surface area contributed by atoms with E-state index in [0.717, 1.165) is 17.1 Å². The maximum absolute atomic E-state index is 9.26. The predicted molar refractivity (Wildman–Crippen MR) is 73.2 cm³/mol. The number of nitriles is 1. The molecule has 0 saturated carbocycles. The summed E-state index contributed by atoms with van der Waals surface area (Å²) in [6.07, 6.45) is 1.73. The Labute approximate surface area is 113 Å². The predicted octanol–water partition coefficient (Wildman–Crippen LogP) is 3.11. The Kier molecular flexibility index (Phi) is 3.86. The second-order valence-corrected chi connectivity index (χ2v) is 4.82. The Balaban J connectivity index is 2.49. The van der Waals surface area contributed by atoms with Crippen LogP contribution >= 0.6 is 0 Å². The maximum Gasteiger partial charge on any atom is 0.146 e. The molecule has 0 radical (unpaired) electrons. The zero-order valence-electron chi connectivity index (χ0n) is 11.3. The lowest BCUT2D eigenvalue weighted by Crippen LogP contribution is -2.10. The van der Waals surface area contributed by atoms with Crippen LogP contribution in [0.2, 0.25) is 0 Å². The van der Waals surface area contributed by atoms with Crippen molar-refractivity contribution in [3.8, 4) is 17.5 Å². The zero-order chi connectivity index (χ0) is 13.8. The fraction of sp³-hybridized carbons (Fsp3) is 0.333. The molecule has 2 aromatic rings. The fourth-order valence-electron chi connectivity index (χ4n) is 1.88. The first-order valence-corrected chi connectivity index (χ1v) is 6.28. The lowest BCUT2D eigenvalue weighted by molar-refractivity contribution is 0.560. The molecule has 0 aromatic carbocycles. The average molecular weight is 252 g/mol. The van der Waals surface area contributed by atoms with Crippen molar-refractivity contribution in [2.75, 3.05) is 0 Å². The molecular formula is C15H16N4. The van der Waals surface area contributed by atoms with E-state index in [2.05, 4.69) is 21.0 Å². The first-order chi connectivity index (χ1) is 9.11. The highest BCUT2D eigenvalue weighted by Crippen LogP contribution is 2.23. The van der Waals surface area contributed by atoms with Gasteiger partial charge in [0, 0.05) is 11.9 Å². The lowest BCUT2D eigenvalue weighted by Gasteiger charge is -2.13. The summed E-state index contributed by atoms with van der Waals surface area (Å²) in [6.45, 7) is 5.91. The minimum atomic E-state index is -0.289. The third kappa shape index (κ3) is 2.94. The van der Waals surface area contributed by atoms with E-state index in [9.17, 15) is 5.26 Å². The van der Waals surface area contributed by atoms with Crippen LogP contribution in [-0.2, 0) is 0 Å². The van der Waals surface area contributed by atoms with Gasteiger partial charge in [-0.1, -0.05) is 19.9 Å². The molecule has 96 valence electrons. The highest BCUT2D eigenvalue weighted by molar-refractivity contribution is 5.54. The maximum atomic E-state index is 9.26. The number of hydrogen-bond acceptors (Lipinski definition) is 4. The number of pyridine rings is 1. The van der Waals surface area contributed by atoms with Crippen LogP contribution in [0.15, 0.2) is 30.5 Å². The van der Waals surface area contributed by atoms with Crippen LogP contribution in [0.3, 0.4) is 0 Å². The van der Waals surface area contributed by atoms with E-state index in [1.54, 1.807) is 6.20 Å². The highest BCUT2D eigenvalue weighted by atomic mass is 14.9. The fourth-order valence-corrected chi connectivity index (χ4v) is 1.88. The SMILES string of the molecule is Cc1cc(-c2ccccn2)nc(C(C#N)C(C)C)n1. The van der Waals surface area contributed by atoms with Gasteiger partial charge in [-0.2, -0.15) is 5.26 Å². The molecule has 2 heterocycles. The van der Waals surface area contributed by atoms with Gasteiger partial charge < -0.3 is 0 Å². The smallest absolute Gasteiger partial charge is 0.146 e. The molecule has 0 amide bonds. The molecular weight excluding hydrogens is 236 g/mol. The molecule has 19 heavy (non-hydrogen) atoms. The van der Waals surface area contributed by atoms with Crippen LogP contribution in [0.5, 0.6) is 0 Å². The third-order valence-corrected chi connectivity index (χ3v) is 2.88. The van der Waals surface area contributed by atoms with Crippen LogP contribution < -0.4 is 0 Å². The Morgan fingerprint density at radius 1 is 1.16 bits per heavy atom. The van der Waals surface area contributed by atoms with Gasteiger partial charge in [0.05, 0.1) is 17.5 Å². The van der Waals surface area contributed by atoms with Crippen molar-refractivity contribution in [3.05, 3.63) is 42.0 Å². The van der Waals surface area contributed by atoms with E-state index >= 15 is 0 Å². The molecule has 4 heteroatoms. The molecule has 0 saturated heterocycles. The Morgan fingerprint density at radius 2 is 1.95 bits per heavy atom. The van der Waals surface area contributed by atoms with E-state index in [1.807, 2.05) is 45.0 Å². The molecule has 4 nitrogen and oxygen atoms in total. The standard InChI is InChI=1S/C15H16N4/c1-10(2)12(9-16)15-18-11(3)8-14(19-15)13-6-4-5-7-17-13/h4-8,10,12H,1-3H3. The van der Waals surface area contributed by atoms with Gasteiger partial charge in [0.15, 0.2) is 0 Å². The molecule has 0 spiro atoms. The van der Waals surface area contributed by atoms with Crippen molar-refractivity contribution in [2.24, 2.45) is 5.92 Å². The summed E-state index contributed by atoms with van der Waals surface area (Å²) >= 11 is 0. The van der Waals surface area contributed by atoms with E-state index in [4.69, 9.17) is 0 Å². The first-order valence-electron chi connectivity index (χ1n) is 6.28. The Morgan fingerprint density at radius 3 is 2.53 bits per heavy atom. The summed E-state index contributed by atoms with van der Waals surface area (Å²) in [6, 6.07) is 9.86. The van der Waals surface area contributed by atoms with Crippen LogP contribution in [0.4, 0.5) is 0 Å². The summed E-state index contributed by atoms with van der Waals surface area (Å²) in [5.41, 5.74) is 2.42. The summed E-state index contributed by atoms with van der Waals surface area (Å²) in [7, 11) is 0. The molecule has 2 aromatic heterocycles. The van der Waals surface area contributed by atoms with Crippen LogP contribution in [0.25, 0.3) is 11.4 Å². The van der Waals surface area contributed by atoms with Gasteiger partial charge >= 0.3 is 0 Å². The second kappa shape index (κ2) is 5.57. The van der Waals surface area contributed by atoms with E-state index in [1.165, 1.54) is 0 Å². The molecule has 0 aliphatic carbocycles. The largest absolute Gasteiger partial charge is 0.255 e. The summed E-state index contributed by atoms with van der Waals surface area (Å²) in [5, 5.41) is 9.26. The summed E-state index contributed by atoms with van der Waals surface area (Å²) in [4.78, 5) is 13.2. The van der Waals surface area contributed by atoms with Crippen molar-refractivity contribution in [1.29, 1.82) is 5.26 Å². The Hall–Kier alpha value is -2.28. The number of nitrogens with zero attached hydrogens (tertiary/aromatic N) is 4. The number of aryl methyl sites for hydroxylation is 1. The Bertz CT molecular complexity index is 599. The van der Waals surface area contributed by atoms with Crippen molar-refractivity contribution < 1.29 is 0 Å². The molecule has 1 unspecified atom stereocenters. The van der Waals surface area contributed by atoms with Crippen molar-refractivity contribution in [3.63, 3.8) is 0 Å². The molecule has 0 N–H and O–H groups in total. The monoisotopic (exact) mass is 252 g/mol. The van der Waals surface area contributed by atoms with E-state index < -0.39 is 0 Å². The minimum absolute atomic E-state index is 0.184. The first kappa shape index (κ1) is 13.2. The lowest BCUT2D eigenvalue weighted by atomic mass is 9.96. The van der Waals surface area contributed by atoms with Crippen molar-refractivity contribution in [2.45, 2.75) is 26.7 Å². The number of hydrogen-bond donors (Lipinski definition) is 0. The summed E-state index contributed by atoms with van der Waals surface area (Å²) < 4.78 is 0. The van der Waals surface area contributed by atoms with Crippen LogP contribution in [0, 0.1) is 24.2 Å². The van der Waals surface area contributed by atoms with Gasteiger partial charge in [0.2, 0.25) is 0 Å². The van der Waals surface area contributed by atoms with Gasteiger partial charge in [-0.05, 0) is 31.0 Å². The van der Waals surface area contributed by atoms with Crippen molar-refractivity contribution in [1.82, 2.24) is 15.0 Å². The van der Waals surface area contributed by atoms with E-state index in [-0.39, 0.29) is 11.8 Å². The van der Waals surface area contributed by atoms with Crippen molar-refractivity contribution >= 4 is 0 Å². The third-order valence-electron chi connectivity index (χ3n) is 2.88. The second-order valence-electron chi connectivity index (χ2n) is 4.82. The van der Waals surface area contributed by atoms with Crippen LogP contribution in [-0.4, -0.2) is 15.0 Å². The zero-order valence-corrected chi connectivity index (χ0v) is 11.3. The van der Waals surface area contributed by atoms with Gasteiger partial charge in [-0.25, -0.2) is 9.97 Å². The van der Waals surface area contributed by atoms with Gasteiger partial charge in [0.25, 0.3) is 0 Å². The summed E-state index contributed by atoms with van der Waals surface area (Å²) in [5.74, 6) is 0.476. The minimum Gasteiger partial charge on any atom is -0.255 e. The topological polar surface area (TPSA) is 62.5 Å². The molecule has 2 rings (SSSR count). The molecule has 0 bridgehead atoms. The number of aromatic nitrogens is 3. The van der Waals surface area contributed by atoms with Gasteiger partial charge in [0.1, 0.15) is 11.7 Å². The van der Waals surface area contributed by atoms with E-state index in [0.29, 0.717) is 5.82 Å². The normalized spacial score (nSPS) is 12.2. The molecule has 0 aliphatic rings. The average Bonchev–Trinajstić information content (AvgIpc) is 2.39. The van der Waals surface area contributed by atoms with Gasteiger partial charge in [-0.3, -0.25) is 4.98 Å². The quantitative estimate of drug-likeness (QED) is 0.842. The molecule has 0 aliphatic heterocycles. The number of rotatable bonds is 3.